The van der Waals surface area contributed by atoms with Crippen LogP contribution in [-0.2, 0) is 20.8 Å². The number of nitrogens with one attached hydrogen (secondary N) is 1. The van der Waals surface area contributed by atoms with Crippen LogP contribution in [0.4, 0.5) is 5.69 Å². The Kier molecular flexibility index (Phi) is 4.83. The van der Waals surface area contributed by atoms with E-state index in [1.807, 2.05) is 24.3 Å². The summed E-state index contributed by atoms with van der Waals surface area (Å²) in [5, 5.41) is 2.77. The van der Waals surface area contributed by atoms with E-state index in [0.29, 0.717) is 32.6 Å². The summed E-state index contributed by atoms with van der Waals surface area (Å²) in [7, 11) is 0. The third kappa shape index (κ3) is 3.27. The third-order valence-corrected chi connectivity index (χ3v) is 4.76. The molecule has 0 aliphatic carbocycles. The first kappa shape index (κ1) is 16.5. The average Bonchev–Trinajstić information content (AvgIpc) is 2.84. The molecule has 3 rings (SSSR count). The summed E-state index contributed by atoms with van der Waals surface area (Å²) in [4.78, 5) is 40.1. The second-order valence-corrected chi connectivity index (χ2v) is 6.31. The van der Waals surface area contributed by atoms with Crippen LogP contribution in [0, 0.1) is 5.92 Å². The van der Waals surface area contributed by atoms with Gasteiger partial charge < -0.3 is 15.1 Å². The van der Waals surface area contributed by atoms with E-state index in [4.69, 9.17) is 0 Å². The monoisotopic (exact) mass is 329 g/mol. The van der Waals surface area contributed by atoms with Gasteiger partial charge >= 0.3 is 0 Å². The van der Waals surface area contributed by atoms with Crippen LogP contribution < -0.4 is 10.2 Å². The molecule has 1 atom stereocenters. The van der Waals surface area contributed by atoms with E-state index in [9.17, 15) is 14.4 Å². The van der Waals surface area contributed by atoms with Crippen LogP contribution in [0.15, 0.2) is 24.3 Å². The van der Waals surface area contributed by atoms with Crippen molar-refractivity contribution in [3.05, 3.63) is 29.8 Å². The van der Waals surface area contributed by atoms with Gasteiger partial charge in [0.2, 0.25) is 17.7 Å². The molecule has 2 aliphatic rings. The molecule has 0 radical (unpaired) electrons. The van der Waals surface area contributed by atoms with Gasteiger partial charge in [0.1, 0.15) is 0 Å². The van der Waals surface area contributed by atoms with Gasteiger partial charge in [-0.2, -0.15) is 0 Å². The Hall–Kier alpha value is -2.37. The minimum atomic E-state index is -0.324. The van der Waals surface area contributed by atoms with Gasteiger partial charge in [-0.15, -0.1) is 0 Å². The fourth-order valence-electron chi connectivity index (χ4n) is 3.42. The number of nitrogens with zero attached hydrogens (tertiary/aromatic N) is 2. The van der Waals surface area contributed by atoms with Crippen LogP contribution in [0.1, 0.15) is 25.3 Å². The molecule has 0 spiro atoms. The Morgan fingerprint density at radius 2 is 2.04 bits per heavy atom. The molecule has 1 N–H and O–H groups in total. The van der Waals surface area contributed by atoms with Crippen molar-refractivity contribution in [1.29, 1.82) is 0 Å². The van der Waals surface area contributed by atoms with Crippen molar-refractivity contribution in [2.45, 2.75) is 26.2 Å². The maximum Gasteiger partial charge on any atom is 0.228 e. The van der Waals surface area contributed by atoms with E-state index in [2.05, 4.69) is 12.2 Å². The van der Waals surface area contributed by atoms with Gasteiger partial charge in [-0.3, -0.25) is 14.4 Å². The SMILES string of the molecule is CCc1ccccc1N1CC(C(=O)N2CCNC(=O)CC2)CC1=O. The number of anilines is 1. The van der Waals surface area contributed by atoms with Crippen LogP contribution in [0.2, 0.25) is 0 Å². The van der Waals surface area contributed by atoms with Crippen molar-refractivity contribution in [2.24, 2.45) is 5.92 Å². The van der Waals surface area contributed by atoms with Crippen molar-refractivity contribution in [3.8, 4) is 0 Å². The Labute approximate surface area is 141 Å². The Morgan fingerprint density at radius 3 is 2.83 bits per heavy atom. The first-order chi connectivity index (χ1) is 11.6. The first-order valence-electron chi connectivity index (χ1n) is 8.54. The normalized spacial score (nSPS) is 21.6. The van der Waals surface area contributed by atoms with Gasteiger partial charge in [-0.25, -0.2) is 0 Å². The van der Waals surface area contributed by atoms with Crippen molar-refractivity contribution < 1.29 is 14.4 Å². The summed E-state index contributed by atoms with van der Waals surface area (Å²) >= 11 is 0. The van der Waals surface area contributed by atoms with Gasteiger partial charge in [0.05, 0.1) is 5.92 Å². The lowest BCUT2D eigenvalue weighted by Crippen LogP contribution is -2.39. The Bertz CT molecular complexity index is 659. The number of amides is 3. The van der Waals surface area contributed by atoms with Gasteiger partial charge in [0.15, 0.2) is 0 Å². The summed E-state index contributed by atoms with van der Waals surface area (Å²) in [5.74, 6) is -0.364. The maximum absolute atomic E-state index is 12.7. The van der Waals surface area contributed by atoms with E-state index >= 15 is 0 Å². The lowest BCUT2D eigenvalue weighted by molar-refractivity contribution is -0.135. The topological polar surface area (TPSA) is 69.7 Å². The summed E-state index contributed by atoms with van der Waals surface area (Å²) in [6, 6.07) is 7.84. The second kappa shape index (κ2) is 7.03. The molecule has 1 aromatic rings. The second-order valence-electron chi connectivity index (χ2n) is 6.31. The van der Waals surface area contributed by atoms with Crippen LogP contribution in [0.25, 0.3) is 0 Å². The highest BCUT2D eigenvalue weighted by molar-refractivity contribution is 6.01. The molecular formula is C18H23N3O3. The molecule has 0 aromatic heterocycles. The molecule has 2 saturated heterocycles. The Balaban J connectivity index is 1.72. The molecule has 0 saturated carbocycles. The number of hydrogen-bond acceptors (Lipinski definition) is 3. The molecule has 2 heterocycles. The van der Waals surface area contributed by atoms with Gasteiger partial charge in [-0.1, -0.05) is 25.1 Å². The van der Waals surface area contributed by atoms with E-state index in [0.717, 1.165) is 17.7 Å². The number of rotatable bonds is 3. The molecule has 1 aromatic carbocycles. The minimum Gasteiger partial charge on any atom is -0.354 e. The first-order valence-corrected chi connectivity index (χ1v) is 8.54. The van der Waals surface area contributed by atoms with Crippen molar-refractivity contribution in [1.82, 2.24) is 10.2 Å². The number of hydrogen-bond donors (Lipinski definition) is 1. The molecule has 6 heteroatoms. The zero-order chi connectivity index (χ0) is 17.1. The van der Waals surface area contributed by atoms with E-state index in [-0.39, 0.29) is 30.1 Å². The smallest absolute Gasteiger partial charge is 0.228 e. The van der Waals surface area contributed by atoms with Gasteiger partial charge in [-0.05, 0) is 18.1 Å². The van der Waals surface area contributed by atoms with Crippen LogP contribution in [0.5, 0.6) is 0 Å². The molecule has 128 valence electrons. The van der Waals surface area contributed by atoms with E-state index < -0.39 is 0 Å². The highest BCUT2D eigenvalue weighted by Crippen LogP contribution is 2.29. The lowest BCUT2D eigenvalue weighted by atomic mass is 10.1. The number of aryl methyl sites for hydroxylation is 1. The van der Waals surface area contributed by atoms with Crippen molar-refractivity contribution >= 4 is 23.4 Å². The molecule has 6 nitrogen and oxygen atoms in total. The molecule has 0 bridgehead atoms. The minimum absolute atomic E-state index is 0.00160. The molecule has 1 unspecified atom stereocenters. The predicted molar refractivity (Wildman–Crippen MR) is 90.5 cm³/mol. The summed E-state index contributed by atoms with van der Waals surface area (Å²) in [6.07, 6.45) is 1.42. The number of carbonyl (C=O) groups is 3. The maximum atomic E-state index is 12.7. The third-order valence-electron chi connectivity index (χ3n) is 4.76. The molecule has 3 amide bonds. The van der Waals surface area contributed by atoms with Crippen molar-refractivity contribution in [3.63, 3.8) is 0 Å². The van der Waals surface area contributed by atoms with Crippen molar-refractivity contribution in [2.75, 3.05) is 31.1 Å². The summed E-state index contributed by atoms with van der Waals surface area (Å²) < 4.78 is 0. The quantitative estimate of drug-likeness (QED) is 0.898. The molecule has 24 heavy (non-hydrogen) atoms. The van der Waals surface area contributed by atoms with Gasteiger partial charge in [0, 0.05) is 44.7 Å². The van der Waals surface area contributed by atoms with Crippen LogP contribution in [-0.4, -0.2) is 48.8 Å². The highest BCUT2D eigenvalue weighted by atomic mass is 16.2. The highest BCUT2D eigenvalue weighted by Gasteiger charge is 2.38. The van der Waals surface area contributed by atoms with E-state index in [1.165, 1.54) is 0 Å². The zero-order valence-corrected chi connectivity index (χ0v) is 14.0. The van der Waals surface area contributed by atoms with E-state index in [1.54, 1.807) is 9.80 Å². The lowest BCUT2D eigenvalue weighted by Gasteiger charge is -2.24. The molecule has 2 aliphatic heterocycles. The van der Waals surface area contributed by atoms with Crippen LogP contribution >= 0.6 is 0 Å². The number of benzene rings is 1. The van der Waals surface area contributed by atoms with Gasteiger partial charge in [0.25, 0.3) is 0 Å². The summed E-state index contributed by atoms with van der Waals surface area (Å²) in [5.41, 5.74) is 2.02. The Morgan fingerprint density at radius 1 is 1.25 bits per heavy atom. The largest absolute Gasteiger partial charge is 0.354 e. The fraction of sp³-hybridized carbons (Fsp3) is 0.500. The number of carbonyl (C=O) groups excluding carboxylic acids is 3. The fourth-order valence-corrected chi connectivity index (χ4v) is 3.42. The summed E-state index contributed by atoms with van der Waals surface area (Å²) in [6.45, 7) is 3.91. The zero-order valence-electron chi connectivity index (χ0n) is 14.0. The van der Waals surface area contributed by atoms with Crippen LogP contribution in [0.3, 0.4) is 0 Å². The number of para-hydroxylation sites is 1. The average molecular weight is 329 g/mol. The molecule has 2 fully saturated rings. The molecular weight excluding hydrogens is 306 g/mol. The standard InChI is InChI=1S/C18H23N3O3/c1-2-13-5-3-4-6-15(13)21-12-14(11-17(21)23)18(24)20-9-7-16(22)19-8-10-20/h3-6,14H,2,7-12H2,1H3,(H,19,22). The predicted octanol–water partition coefficient (Wildman–Crippen LogP) is 0.950.